The number of likely N-dealkylation sites (tertiary alicyclic amines) is 1. The van der Waals surface area contributed by atoms with Gasteiger partial charge in [0, 0.05) is 18.9 Å². The van der Waals surface area contributed by atoms with E-state index in [4.69, 9.17) is 0 Å². The predicted molar refractivity (Wildman–Crippen MR) is 91.8 cm³/mol. The molecule has 1 fully saturated rings. The van der Waals surface area contributed by atoms with Crippen LogP contribution in [0, 0.1) is 0 Å². The van der Waals surface area contributed by atoms with Crippen molar-refractivity contribution in [3.8, 4) is 0 Å². The molecule has 126 valence electrons. The summed E-state index contributed by atoms with van der Waals surface area (Å²) in [4.78, 5) is 27.4. The predicted octanol–water partition coefficient (Wildman–Crippen LogP) is 1.89. The molecule has 0 aromatic carbocycles. The van der Waals surface area contributed by atoms with Crippen molar-refractivity contribution in [3.05, 3.63) is 42.4 Å². The van der Waals surface area contributed by atoms with Gasteiger partial charge in [-0.05, 0) is 44.5 Å². The van der Waals surface area contributed by atoms with E-state index in [-0.39, 0.29) is 11.9 Å². The third-order valence-electron chi connectivity index (χ3n) is 4.07. The highest BCUT2D eigenvalue weighted by molar-refractivity contribution is 5.78. The van der Waals surface area contributed by atoms with Gasteiger partial charge < -0.3 is 15.5 Å². The fraction of sp³-hybridized carbons (Fsp3) is 0.412. The second kappa shape index (κ2) is 7.83. The molecule has 0 bridgehead atoms. The summed E-state index contributed by atoms with van der Waals surface area (Å²) in [7, 11) is 1.79. The second-order valence-electron chi connectivity index (χ2n) is 5.77. The van der Waals surface area contributed by atoms with Crippen LogP contribution in [0.3, 0.4) is 0 Å². The molecule has 0 radical (unpaired) electrons. The SMILES string of the molecule is CNCC(=O)N1CCCCC1c1ccnc(Nc2ccccn2)n1. The summed E-state index contributed by atoms with van der Waals surface area (Å²) >= 11 is 0. The third kappa shape index (κ3) is 3.86. The third-order valence-corrected chi connectivity index (χ3v) is 4.07. The van der Waals surface area contributed by atoms with Crippen LogP contribution in [-0.4, -0.2) is 45.9 Å². The van der Waals surface area contributed by atoms with Gasteiger partial charge in [-0.1, -0.05) is 6.07 Å². The topological polar surface area (TPSA) is 83.0 Å². The van der Waals surface area contributed by atoms with Crippen molar-refractivity contribution in [1.29, 1.82) is 0 Å². The Hall–Kier alpha value is -2.54. The van der Waals surface area contributed by atoms with Crippen LogP contribution in [0.15, 0.2) is 36.7 Å². The van der Waals surface area contributed by atoms with Gasteiger partial charge >= 0.3 is 0 Å². The van der Waals surface area contributed by atoms with Crippen LogP contribution in [0.25, 0.3) is 0 Å². The molecular weight excluding hydrogens is 304 g/mol. The molecule has 1 saturated heterocycles. The molecule has 0 aliphatic carbocycles. The number of hydrogen-bond donors (Lipinski definition) is 2. The van der Waals surface area contributed by atoms with E-state index in [0.29, 0.717) is 18.3 Å². The van der Waals surface area contributed by atoms with Gasteiger partial charge in [0.05, 0.1) is 18.3 Å². The zero-order chi connectivity index (χ0) is 16.8. The second-order valence-corrected chi connectivity index (χ2v) is 5.77. The van der Waals surface area contributed by atoms with Crippen molar-refractivity contribution in [2.75, 3.05) is 25.5 Å². The molecule has 1 aliphatic rings. The van der Waals surface area contributed by atoms with E-state index < -0.39 is 0 Å². The quantitative estimate of drug-likeness (QED) is 0.873. The zero-order valence-electron chi connectivity index (χ0n) is 13.8. The van der Waals surface area contributed by atoms with Crippen LogP contribution in [0.5, 0.6) is 0 Å². The number of piperidine rings is 1. The first-order chi connectivity index (χ1) is 11.8. The fourth-order valence-corrected chi connectivity index (χ4v) is 2.96. The summed E-state index contributed by atoms with van der Waals surface area (Å²) in [5.41, 5.74) is 0.868. The Labute approximate surface area is 141 Å². The molecule has 3 heterocycles. The van der Waals surface area contributed by atoms with E-state index in [1.54, 1.807) is 19.4 Å². The van der Waals surface area contributed by atoms with Gasteiger partial charge in [0.2, 0.25) is 11.9 Å². The summed E-state index contributed by atoms with van der Waals surface area (Å²) in [6.45, 7) is 1.12. The number of pyridine rings is 1. The molecule has 1 unspecified atom stereocenters. The zero-order valence-corrected chi connectivity index (χ0v) is 13.8. The average molecular weight is 326 g/mol. The highest BCUT2D eigenvalue weighted by Crippen LogP contribution is 2.30. The lowest BCUT2D eigenvalue weighted by atomic mass is 9.99. The van der Waals surface area contributed by atoms with Crippen LogP contribution >= 0.6 is 0 Å². The normalized spacial score (nSPS) is 17.5. The van der Waals surface area contributed by atoms with Gasteiger partial charge in [-0.2, -0.15) is 0 Å². The van der Waals surface area contributed by atoms with Gasteiger partial charge in [-0.3, -0.25) is 4.79 Å². The lowest BCUT2D eigenvalue weighted by Gasteiger charge is -2.35. The van der Waals surface area contributed by atoms with Gasteiger partial charge in [-0.25, -0.2) is 15.0 Å². The van der Waals surface area contributed by atoms with Crippen molar-refractivity contribution < 1.29 is 4.79 Å². The van der Waals surface area contributed by atoms with E-state index in [1.807, 2.05) is 29.2 Å². The van der Waals surface area contributed by atoms with Crippen LogP contribution < -0.4 is 10.6 Å². The minimum Gasteiger partial charge on any atom is -0.333 e. The van der Waals surface area contributed by atoms with E-state index in [1.165, 1.54) is 0 Å². The largest absolute Gasteiger partial charge is 0.333 e. The number of likely N-dealkylation sites (N-methyl/N-ethyl adjacent to an activating group) is 1. The number of carbonyl (C=O) groups is 1. The Morgan fingerprint density at radius 2 is 2.17 bits per heavy atom. The molecule has 1 aliphatic heterocycles. The number of aromatic nitrogens is 3. The molecule has 0 saturated carbocycles. The first kappa shape index (κ1) is 16.3. The maximum absolute atomic E-state index is 12.4. The number of anilines is 2. The molecule has 1 atom stereocenters. The summed E-state index contributed by atoms with van der Waals surface area (Å²) < 4.78 is 0. The fourth-order valence-electron chi connectivity index (χ4n) is 2.96. The number of nitrogens with zero attached hydrogens (tertiary/aromatic N) is 4. The Balaban J connectivity index is 1.79. The Morgan fingerprint density at radius 1 is 1.25 bits per heavy atom. The minimum absolute atomic E-state index is 0.00637. The first-order valence-electron chi connectivity index (χ1n) is 8.23. The van der Waals surface area contributed by atoms with Gasteiger partial charge in [-0.15, -0.1) is 0 Å². The summed E-state index contributed by atoms with van der Waals surface area (Å²) in [6, 6.07) is 7.51. The summed E-state index contributed by atoms with van der Waals surface area (Å²) in [5.74, 6) is 1.30. The molecule has 2 N–H and O–H groups in total. The van der Waals surface area contributed by atoms with Crippen molar-refractivity contribution >= 4 is 17.7 Å². The lowest BCUT2D eigenvalue weighted by Crippen LogP contribution is -2.42. The molecule has 3 rings (SSSR count). The molecule has 7 heteroatoms. The van der Waals surface area contributed by atoms with Gasteiger partial charge in [0.1, 0.15) is 5.82 Å². The first-order valence-corrected chi connectivity index (χ1v) is 8.23. The standard InChI is InChI=1S/C17H22N6O/c1-18-12-16(24)23-11-5-3-6-14(23)13-8-10-20-17(21-13)22-15-7-2-4-9-19-15/h2,4,7-10,14,18H,3,5-6,11-12H2,1H3,(H,19,20,21,22). The number of hydrogen-bond acceptors (Lipinski definition) is 6. The van der Waals surface area contributed by atoms with E-state index >= 15 is 0 Å². The van der Waals surface area contributed by atoms with Crippen molar-refractivity contribution in [3.63, 3.8) is 0 Å². The number of nitrogens with one attached hydrogen (secondary N) is 2. The number of amides is 1. The summed E-state index contributed by atoms with van der Waals surface area (Å²) in [5, 5.41) is 6.04. The van der Waals surface area contributed by atoms with Crippen molar-refractivity contribution in [2.24, 2.45) is 0 Å². The number of carbonyl (C=O) groups excluding carboxylic acids is 1. The molecule has 2 aromatic heterocycles. The molecule has 0 spiro atoms. The highest BCUT2D eigenvalue weighted by Gasteiger charge is 2.28. The Kier molecular flexibility index (Phi) is 5.32. The Bertz CT molecular complexity index is 678. The van der Waals surface area contributed by atoms with Crippen molar-refractivity contribution in [1.82, 2.24) is 25.2 Å². The van der Waals surface area contributed by atoms with Gasteiger partial charge in [0.25, 0.3) is 0 Å². The van der Waals surface area contributed by atoms with E-state index in [9.17, 15) is 4.79 Å². The molecule has 24 heavy (non-hydrogen) atoms. The lowest BCUT2D eigenvalue weighted by molar-refractivity contribution is -0.134. The smallest absolute Gasteiger partial charge is 0.237 e. The van der Waals surface area contributed by atoms with E-state index in [0.717, 1.165) is 31.5 Å². The van der Waals surface area contributed by atoms with Crippen LogP contribution in [0.4, 0.5) is 11.8 Å². The maximum Gasteiger partial charge on any atom is 0.237 e. The molecule has 7 nitrogen and oxygen atoms in total. The molecule has 2 aromatic rings. The van der Waals surface area contributed by atoms with Gasteiger partial charge in [0.15, 0.2) is 0 Å². The number of rotatable bonds is 5. The highest BCUT2D eigenvalue weighted by atomic mass is 16.2. The maximum atomic E-state index is 12.4. The summed E-state index contributed by atoms with van der Waals surface area (Å²) in [6.07, 6.45) is 6.50. The van der Waals surface area contributed by atoms with E-state index in [2.05, 4.69) is 25.6 Å². The average Bonchev–Trinajstić information content (AvgIpc) is 2.63. The molecular formula is C17H22N6O. The monoisotopic (exact) mass is 326 g/mol. The van der Waals surface area contributed by atoms with Crippen molar-refractivity contribution in [2.45, 2.75) is 25.3 Å². The molecule has 1 amide bonds. The Morgan fingerprint density at radius 3 is 2.96 bits per heavy atom. The van der Waals surface area contributed by atoms with Crippen LogP contribution in [0.1, 0.15) is 31.0 Å². The minimum atomic E-state index is 0.00637. The van der Waals surface area contributed by atoms with Crippen LogP contribution in [0.2, 0.25) is 0 Å². The van der Waals surface area contributed by atoms with Crippen LogP contribution in [-0.2, 0) is 4.79 Å².